The third-order valence-electron chi connectivity index (χ3n) is 12.3. The second-order valence-corrected chi connectivity index (χ2v) is 14.0. The van der Waals surface area contributed by atoms with Crippen molar-refractivity contribution in [2.24, 2.45) is 28.6 Å². The molecule has 0 amide bonds. The van der Waals surface area contributed by atoms with Gasteiger partial charge in [0.2, 0.25) is 0 Å². The predicted molar refractivity (Wildman–Crippen MR) is 143 cm³/mol. The normalized spacial score (nSPS) is 56.9. The Hall–Kier alpha value is -1.12. The van der Waals surface area contributed by atoms with Gasteiger partial charge in [0, 0.05) is 24.2 Å². The molecule has 0 radical (unpaired) electrons. The Morgan fingerprint density at radius 1 is 1.02 bits per heavy atom. The van der Waals surface area contributed by atoms with Gasteiger partial charge < -0.3 is 55.1 Å². The monoisotopic (exact) mass is 582 g/mol. The molecule has 4 saturated carbocycles. The molecule has 11 heteroatoms. The van der Waals surface area contributed by atoms with Gasteiger partial charge in [-0.2, -0.15) is 0 Å². The van der Waals surface area contributed by atoms with Crippen LogP contribution in [-0.4, -0.2) is 114 Å². The van der Waals surface area contributed by atoms with E-state index in [1.807, 2.05) is 13.0 Å². The fraction of sp³-hybridized carbons (Fsp3) is 0.867. The summed E-state index contributed by atoms with van der Waals surface area (Å²) in [6.45, 7) is 7.27. The molecule has 11 nitrogen and oxygen atoms in total. The molecule has 15 atom stereocenters. The van der Waals surface area contributed by atoms with Gasteiger partial charge in [0.05, 0.1) is 47.6 Å². The highest BCUT2D eigenvalue weighted by Gasteiger charge is 2.75. The molecular weight excluding hydrogens is 536 g/mol. The lowest BCUT2D eigenvalue weighted by Gasteiger charge is -2.68. The van der Waals surface area contributed by atoms with Gasteiger partial charge in [-0.05, 0) is 62.5 Å². The van der Waals surface area contributed by atoms with Crippen molar-refractivity contribution < 1.29 is 55.1 Å². The molecule has 6 rings (SSSR count). The molecule has 1 saturated heterocycles. The minimum absolute atomic E-state index is 0.00910. The molecule has 0 aromatic carbocycles. The van der Waals surface area contributed by atoms with Crippen LogP contribution < -0.4 is 0 Å². The molecule has 6 unspecified atom stereocenters. The van der Waals surface area contributed by atoms with E-state index < -0.39 is 89.5 Å². The van der Waals surface area contributed by atoms with Gasteiger partial charge in [0.15, 0.2) is 6.29 Å². The zero-order valence-electron chi connectivity index (χ0n) is 23.8. The molecule has 8 N–H and O–H groups in total. The van der Waals surface area contributed by atoms with Crippen LogP contribution in [0.25, 0.3) is 0 Å². The van der Waals surface area contributed by atoms with Crippen molar-refractivity contribution in [3.05, 3.63) is 24.0 Å². The molecule has 6 aliphatic rings. The highest BCUT2D eigenvalue weighted by molar-refractivity contribution is 5.32. The maximum absolute atomic E-state index is 12.5. The summed E-state index contributed by atoms with van der Waals surface area (Å²) in [5.74, 6) is -0.659. The molecule has 2 heterocycles. The Morgan fingerprint density at radius 2 is 1.76 bits per heavy atom. The fourth-order valence-corrected chi connectivity index (χ4v) is 10.2. The number of hydrogen-bond donors (Lipinski definition) is 8. The minimum Gasteiger partial charge on any atom is -0.490 e. The summed E-state index contributed by atoms with van der Waals surface area (Å²) in [5, 5.41) is 89.8. The third kappa shape index (κ3) is 4.01. The number of rotatable bonds is 4. The van der Waals surface area contributed by atoms with Gasteiger partial charge in [-0.25, -0.2) is 0 Å². The molecule has 4 aliphatic carbocycles. The lowest BCUT2D eigenvalue weighted by molar-refractivity contribution is -0.342. The highest BCUT2D eigenvalue weighted by Crippen LogP contribution is 2.70. The van der Waals surface area contributed by atoms with E-state index in [-0.39, 0.29) is 31.6 Å². The first-order valence-corrected chi connectivity index (χ1v) is 15.0. The summed E-state index contributed by atoms with van der Waals surface area (Å²) in [7, 11) is 0. The molecule has 5 fully saturated rings. The van der Waals surface area contributed by atoms with Crippen LogP contribution in [0.4, 0.5) is 0 Å². The molecule has 2 aliphatic heterocycles. The molecule has 0 aromatic rings. The van der Waals surface area contributed by atoms with Crippen molar-refractivity contribution in [3.63, 3.8) is 0 Å². The van der Waals surface area contributed by atoms with Gasteiger partial charge >= 0.3 is 0 Å². The zero-order chi connectivity index (χ0) is 29.7. The van der Waals surface area contributed by atoms with E-state index in [9.17, 15) is 40.9 Å². The molecule has 0 bridgehead atoms. The number of aliphatic hydroxyl groups is 8. The molecule has 0 aromatic heterocycles. The average molecular weight is 583 g/mol. The molecule has 0 spiro atoms. The van der Waals surface area contributed by atoms with Gasteiger partial charge in [0.1, 0.15) is 30.7 Å². The summed E-state index contributed by atoms with van der Waals surface area (Å²) in [5.41, 5.74) is -3.95. The number of fused-ring (bicyclic) bond motifs is 5. The smallest absolute Gasteiger partial charge is 0.186 e. The summed E-state index contributed by atoms with van der Waals surface area (Å²) in [4.78, 5) is 0. The maximum atomic E-state index is 12.5. The number of hydrogen-bond acceptors (Lipinski definition) is 11. The first kappa shape index (κ1) is 29.9. The van der Waals surface area contributed by atoms with Crippen molar-refractivity contribution >= 4 is 0 Å². The van der Waals surface area contributed by atoms with E-state index in [1.165, 1.54) is 0 Å². The third-order valence-corrected chi connectivity index (χ3v) is 12.3. The average Bonchev–Trinajstić information content (AvgIpc) is 3.45. The predicted octanol–water partition coefficient (Wildman–Crippen LogP) is -0.528. The van der Waals surface area contributed by atoms with Crippen LogP contribution >= 0.6 is 0 Å². The zero-order valence-corrected chi connectivity index (χ0v) is 23.8. The second kappa shape index (κ2) is 9.95. The lowest BCUT2D eigenvalue weighted by atomic mass is 9.40. The molecular formula is C30H46O11. The number of aliphatic hydroxyl groups excluding tert-OH is 6. The van der Waals surface area contributed by atoms with Crippen LogP contribution in [0.1, 0.15) is 58.8 Å². The Bertz CT molecular complexity index is 1080. The van der Waals surface area contributed by atoms with Crippen LogP contribution in [0, 0.1) is 28.6 Å². The van der Waals surface area contributed by atoms with Crippen molar-refractivity contribution in [2.75, 3.05) is 13.2 Å². The van der Waals surface area contributed by atoms with E-state index in [2.05, 4.69) is 6.58 Å². The summed E-state index contributed by atoms with van der Waals surface area (Å²) in [6, 6.07) is 0. The van der Waals surface area contributed by atoms with E-state index in [0.29, 0.717) is 31.6 Å². The van der Waals surface area contributed by atoms with E-state index >= 15 is 0 Å². The summed E-state index contributed by atoms with van der Waals surface area (Å²) < 4.78 is 17.2. The Morgan fingerprint density at radius 3 is 2.41 bits per heavy atom. The van der Waals surface area contributed by atoms with Gasteiger partial charge in [0.25, 0.3) is 0 Å². The van der Waals surface area contributed by atoms with Gasteiger partial charge in [-0.1, -0.05) is 13.5 Å². The van der Waals surface area contributed by atoms with E-state index in [4.69, 9.17) is 14.2 Å². The largest absolute Gasteiger partial charge is 0.490 e. The van der Waals surface area contributed by atoms with Gasteiger partial charge in [-0.3, -0.25) is 0 Å². The Balaban J connectivity index is 1.28. The summed E-state index contributed by atoms with van der Waals surface area (Å²) >= 11 is 0. The Labute approximate surface area is 240 Å². The van der Waals surface area contributed by atoms with Crippen molar-refractivity contribution in [3.8, 4) is 0 Å². The quantitative estimate of drug-likeness (QED) is 0.199. The fourth-order valence-electron chi connectivity index (χ4n) is 10.2. The summed E-state index contributed by atoms with van der Waals surface area (Å²) in [6.07, 6.45) is -5.62. The first-order chi connectivity index (χ1) is 19.2. The van der Waals surface area contributed by atoms with Crippen LogP contribution in [0.15, 0.2) is 24.0 Å². The number of allylic oxidation sites excluding steroid dienone is 1. The maximum Gasteiger partial charge on any atom is 0.186 e. The number of ether oxygens (including phenoxy) is 3. The lowest BCUT2D eigenvalue weighted by Crippen LogP contribution is -2.76. The molecule has 232 valence electrons. The van der Waals surface area contributed by atoms with E-state index in [0.717, 1.165) is 5.57 Å². The van der Waals surface area contributed by atoms with Crippen molar-refractivity contribution in [1.82, 2.24) is 0 Å². The van der Waals surface area contributed by atoms with Crippen LogP contribution in [0.2, 0.25) is 0 Å². The van der Waals surface area contributed by atoms with Crippen molar-refractivity contribution in [1.29, 1.82) is 0 Å². The topological polar surface area (TPSA) is 190 Å². The van der Waals surface area contributed by atoms with Crippen LogP contribution in [-0.2, 0) is 14.2 Å². The minimum atomic E-state index is -1.64. The molecule has 41 heavy (non-hydrogen) atoms. The SMILES string of the molecule is C=C1C=C(C2CC[C@]3(O)[C@@H]4CC[C@]5(O)C[C@@H](OC6OC(C)C(O)C(O)C6O)C[C@@H](O)[C@]5(CO)[C@H]4[C@H](O)C[C@]23C)CO1. The van der Waals surface area contributed by atoms with Gasteiger partial charge in [-0.15, -0.1) is 0 Å². The first-order valence-electron chi connectivity index (χ1n) is 15.0. The highest BCUT2D eigenvalue weighted by atomic mass is 16.7. The standard InChI is InChI=1S/C30H46O11/c1-14-8-16(12-39-14)18-5-7-30(38)19-4-6-28(37)10-17(41-26-25(36)24(35)23(34)15(2)40-26)9-21(33)29(28,13-31)22(19)20(32)11-27(18,30)3/h8,15,17-26,31-38H,1,4-7,9-13H2,2-3H3/t15?,17-,18?,19+,20+,21+,22+,23?,24?,25?,26?,27+,28-,29+,30-/m0/s1. The Kier molecular flexibility index (Phi) is 7.26. The van der Waals surface area contributed by atoms with Crippen LogP contribution in [0.3, 0.4) is 0 Å². The second-order valence-electron chi connectivity index (χ2n) is 14.0. The van der Waals surface area contributed by atoms with E-state index in [1.54, 1.807) is 6.92 Å². The van der Waals surface area contributed by atoms with Crippen molar-refractivity contribution in [2.45, 2.75) is 119 Å². The van der Waals surface area contributed by atoms with Crippen LogP contribution in [0.5, 0.6) is 0 Å².